The number of sulfonamides is 1. The van der Waals surface area contributed by atoms with Gasteiger partial charge < -0.3 is 9.64 Å². The monoisotopic (exact) mass is 374 g/mol. The molecule has 1 aromatic carbocycles. The second kappa shape index (κ2) is 8.12. The Hall–Kier alpha value is -1.12. The van der Waals surface area contributed by atoms with E-state index in [-0.39, 0.29) is 10.8 Å². The van der Waals surface area contributed by atoms with Gasteiger partial charge in [-0.1, -0.05) is 23.7 Å². The molecule has 0 radical (unpaired) electrons. The highest BCUT2D eigenvalue weighted by atomic mass is 35.5. The van der Waals surface area contributed by atoms with Gasteiger partial charge in [0.2, 0.25) is 10.0 Å². The molecule has 0 amide bonds. The molecule has 0 saturated carbocycles. The Bertz CT molecular complexity index is 727. The summed E-state index contributed by atoms with van der Waals surface area (Å²) < 4.78 is 33.0. The molecule has 1 heterocycles. The number of halogens is 1. The van der Waals surface area contributed by atoms with Crippen LogP contribution in [0.15, 0.2) is 40.6 Å². The van der Waals surface area contributed by atoms with Crippen LogP contribution in [0.3, 0.4) is 0 Å². The topological polar surface area (TPSA) is 58.6 Å². The molecule has 0 saturated heterocycles. The molecule has 126 valence electrons. The maximum Gasteiger partial charge on any atom is 0.250 e. The molecule has 0 aliphatic carbocycles. The first kappa shape index (κ1) is 18.2. The number of likely N-dealkylation sites (N-methyl/N-ethyl adjacent to an activating group) is 1. The molecule has 0 spiro atoms. The Labute approximate surface area is 145 Å². The zero-order valence-corrected chi connectivity index (χ0v) is 15.3. The summed E-state index contributed by atoms with van der Waals surface area (Å²) in [6.45, 7) is 1.67. The van der Waals surface area contributed by atoms with Gasteiger partial charge in [-0.3, -0.25) is 0 Å². The molecule has 0 atom stereocenters. The van der Waals surface area contributed by atoms with Crippen molar-refractivity contribution in [3.63, 3.8) is 0 Å². The van der Waals surface area contributed by atoms with Crippen molar-refractivity contribution < 1.29 is 13.2 Å². The van der Waals surface area contributed by atoms with E-state index in [1.165, 1.54) is 6.07 Å². The Morgan fingerprint density at radius 2 is 1.87 bits per heavy atom. The van der Waals surface area contributed by atoms with Gasteiger partial charge in [-0.05, 0) is 43.9 Å². The predicted molar refractivity (Wildman–Crippen MR) is 93.8 cm³/mol. The summed E-state index contributed by atoms with van der Waals surface area (Å²) in [6, 6.07) is 10.4. The summed E-state index contributed by atoms with van der Waals surface area (Å²) in [5.41, 5.74) is 0.858. The fraction of sp³-hybridized carbons (Fsp3) is 0.333. The van der Waals surface area contributed by atoms with E-state index in [9.17, 15) is 8.42 Å². The number of nitrogens with zero attached hydrogens (tertiary/aromatic N) is 1. The predicted octanol–water partition coefficient (Wildman–Crippen LogP) is 2.82. The number of hydrogen-bond acceptors (Lipinski definition) is 5. The standard InChI is InChI=1S/C15H19ClN2O3S2/c1-18(2)9-10-21-13-5-3-12(4-6-13)11-17-23(19,20)15-8-7-14(16)22-15/h3-8,17H,9-11H2,1-2H3. The van der Waals surface area contributed by atoms with E-state index in [1.54, 1.807) is 6.07 Å². The summed E-state index contributed by atoms with van der Waals surface area (Å²) in [5, 5.41) is 0. The van der Waals surface area contributed by atoms with Crippen molar-refractivity contribution in [3.8, 4) is 5.75 Å². The van der Waals surface area contributed by atoms with Crippen LogP contribution in [0.25, 0.3) is 0 Å². The van der Waals surface area contributed by atoms with E-state index in [0.717, 1.165) is 29.2 Å². The smallest absolute Gasteiger partial charge is 0.250 e. The highest BCUT2D eigenvalue weighted by Crippen LogP contribution is 2.25. The molecule has 8 heteroatoms. The molecule has 2 rings (SSSR count). The summed E-state index contributed by atoms with van der Waals surface area (Å²) in [6.07, 6.45) is 0. The Morgan fingerprint density at radius 1 is 1.17 bits per heavy atom. The molecule has 0 aliphatic rings. The lowest BCUT2D eigenvalue weighted by Gasteiger charge is -2.11. The van der Waals surface area contributed by atoms with Crippen molar-refractivity contribution in [2.45, 2.75) is 10.8 Å². The first-order valence-electron chi connectivity index (χ1n) is 6.98. The summed E-state index contributed by atoms with van der Waals surface area (Å²) in [5.74, 6) is 0.767. The average molecular weight is 375 g/mol. The number of rotatable bonds is 8. The van der Waals surface area contributed by atoms with Crippen LogP contribution >= 0.6 is 22.9 Å². The zero-order valence-electron chi connectivity index (χ0n) is 13.0. The van der Waals surface area contributed by atoms with Crippen LogP contribution in [0.2, 0.25) is 4.34 Å². The third-order valence-corrected chi connectivity index (χ3v) is 6.13. The van der Waals surface area contributed by atoms with Crippen molar-refractivity contribution in [3.05, 3.63) is 46.3 Å². The quantitative estimate of drug-likeness (QED) is 0.771. The minimum absolute atomic E-state index is 0.214. The van der Waals surface area contributed by atoms with Crippen molar-refractivity contribution >= 4 is 33.0 Å². The van der Waals surface area contributed by atoms with E-state index in [0.29, 0.717) is 10.9 Å². The molecule has 0 aliphatic heterocycles. The van der Waals surface area contributed by atoms with Crippen LogP contribution in [0, 0.1) is 0 Å². The Kier molecular flexibility index (Phi) is 6.43. The molecule has 1 N–H and O–H groups in total. The highest BCUT2D eigenvalue weighted by molar-refractivity contribution is 7.91. The SMILES string of the molecule is CN(C)CCOc1ccc(CNS(=O)(=O)c2ccc(Cl)s2)cc1. The number of thiophene rings is 1. The van der Waals surface area contributed by atoms with Crippen LogP contribution in [0.4, 0.5) is 0 Å². The van der Waals surface area contributed by atoms with Crippen LogP contribution in [-0.4, -0.2) is 40.6 Å². The first-order valence-corrected chi connectivity index (χ1v) is 9.66. The fourth-order valence-electron chi connectivity index (χ4n) is 1.74. The average Bonchev–Trinajstić information content (AvgIpc) is 2.94. The third kappa shape index (κ3) is 5.78. The second-order valence-electron chi connectivity index (χ2n) is 5.18. The van der Waals surface area contributed by atoms with Crippen LogP contribution in [0.1, 0.15) is 5.56 Å². The fourth-order valence-corrected chi connectivity index (χ4v) is 4.29. The molecular formula is C15H19ClN2O3S2. The van der Waals surface area contributed by atoms with Crippen molar-refractivity contribution in [2.75, 3.05) is 27.2 Å². The van der Waals surface area contributed by atoms with Crippen molar-refractivity contribution in [1.82, 2.24) is 9.62 Å². The van der Waals surface area contributed by atoms with E-state index in [1.807, 2.05) is 43.3 Å². The lowest BCUT2D eigenvalue weighted by molar-refractivity contribution is 0.261. The van der Waals surface area contributed by atoms with E-state index < -0.39 is 10.0 Å². The molecule has 5 nitrogen and oxygen atoms in total. The van der Waals surface area contributed by atoms with E-state index in [2.05, 4.69) is 4.72 Å². The largest absolute Gasteiger partial charge is 0.492 e. The second-order valence-corrected chi connectivity index (χ2v) is 8.89. The number of benzene rings is 1. The van der Waals surface area contributed by atoms with Gasteiger partial charge in [0.15, 0.2) is 0 Å². The third-order valence-electron chi connectivity index (χ3n) is 3.01. The van der Waals surface area contributed by atoms with Gasteiger partial charge in [-0.25, -0.2) is 13.1 Å². The van der Waals surface area contributed by atoms with Crippen molar-refractivity contribution in [2.24, 2.45) is 0 Å². The Balaban J connectivity index is 1.88. The normalized spacial score (nSPS) is 11.8. The van der Waals surface area contributed by atoms with Crippen LogP contribution in [-0.2, 0) is 16.6 Å². The zero-order chi connectivity index (χ0) is 16.9. The van der Waals surface area contributed by atoms with Gasteiger partial charge in [0.1, 0.15) is 16.6 Å². The Morgan fingerprint density at radius 3 is 2.43 bits per heavy atom. The summed E-state index contributed by atoms with van der Waals surface area (Å²) in [4.78, 5) is 2.04. The number of ether oxygens (including phenoxy) is 1. The van der Waals surface area contributed by atoms with Gasteiger partial charge in [-0.15, -0.1) is 11.3 Å². The van der Waals surface area contributed by atoms with Gasteiger partial charge in [-0.2, -0.15) is 0 Å². The van der Waals surface area contributed by atoms with Gasteiger partial charge in [0, 0.05) is 13.1 Å². The van der Waals surface area contributed by atoms with E-state index in [4.69, 9.17) is 16.3 Å². The maximum absolute atomic E-state index is 12.1. The lowest BCUT2D eigenvalue weighted by Crippen LogP contribution is -2.22. The number of nitrogens with one attached hydrogen (secondary N) is 1. The van der Waals surface area contributed by atoms with Crippen molar-refractivity contribution in [1.29, 1.82) is 0 Å². The van der Waals surface area contributed by atoms with Gasteiger partial charge in [0.25, 0.3) is 0 Å². The number of hydrogen-bond donors (Lipinski definition) is 1. The molecule has 2 aromatic rings. The van der Waals surface area contributed by atoms with Gasteiger partial charge in [0.05, 0.1) is 4.34 Å². The van der Waals surface area contributed by atoms with Crippen LogP contribution < -0.4 is 9.46 Å². The maximum atomic E-state index is 12.1. The van der Waals surface area contributed by atoms with Crippen LogP contribution in [0.5, 0.6) is 5.75 Å². The molecule has 0 fully saturated rings. The molecule has 0 bridgehead atoms. The highest BCUT2D eigenvalue weighted by Gasteiger charge is 2.16. The molecule has 23 heavy (non-hydrogen) atoms. The summed E-state index contributed by atoms with van der Waals surface area (Å²) in [7, 11) is 0.447. The van der Waals surface area contributed by atoms with Gasteiger partial charge >= 0.3 is 0 Å². The minimum Gasteiger partial charge on any atom is -0.492 e. The molecule has 1 aromatic heterocycles. The molecule has 0 unspecified atom stereocenters. The van der Waals surface area contributed by atoms with E-state index >= 15 is 0 Å². The lowest BCUT2D eigenvalue weighted by atomic mass is 10.2. The summed E-state index contributed by atoms with van der Waals surface area (Å²) >= 11 is 6.81. The minimum atomic E-state index is -3.52. The first-order chi connectivity index (χ1) is 10.9. The molecular weight excluding hydrogens is 356 g/mol.